The molecule has 1 aromatic carbocycles. The molecule has 1 aromatic heterocycles. The van der Waals surface area contributed by atoms with E-state index in [0.717, 1.165) is 25.1 Å². The second-order valence-corrected chi connectivity index (χ2v) is 5.04. The predicted molar refractivity (Wildman–Crippen MR) is 80.6 cm³/mol. The van der Waals surface area contributed by atoms with E-state index in [1.54, 1.807) is 30.6 Å². The van der Waals surface area contributed by atoms with Gasteiger partial charge in [0.2, 0.25) is 0 Å². The third-order valence-corrected chi connectivity index (χ3v) is 3.28. The summed E-state index contributed by atoms with van der Waals surface area (Å²) in [6, 6.07) is 5.29. The molecule has 0 aliphatic heterocycles. The molecule has 0 atom stereocenters. The van der Waals surface area contributed by atoms with Gasteiger partial charge in [0.05, 0.1) is 10.0 Å². The third kappa shape index (κ3) is 4.34. The number of hydrogen-bond acceptors (Lipinski definition) is 4. The van der Waals surface area contributed by atoms with Gasteiger partial charge in [0, 0.05) is 30.6 Å². The molecule has 2 aromatic rings. The first-order valence-corrected chi connectivity index (χ1v) is 7.09. The van der Waals surface area contributed by atoms with Gasteiger partial charge in [-0.25, -0.2) is 9.97 Å². The number of aromatic nitrogens is 2. The predicted octanol–water partition coefficient (Wildman–Crippen LogP) is 4.08. The first-order valence-electron chi connectivity index (χ1n) is 6.33. The van der Waals surface area contributed by atoms with Crippen molar-refractivity contribution in [3.05, 3.63) is 46.2 Å². The molecule has 1 heterocycles. The van der Waals surface area contributed by atoms with Crippen molar-refractivity contribution in [1.29, 1.82) is 0 Å². The average Bonchev–Trinajstić information content (AvgIpc) is 2.45. The minimum atomic E-state index is 0.280. The normalized spacial score (nSPS) is 10.6. The maximum absolute atomic E-state index is 5.92. The van der Waals surface area contributed by atoms with Crippen LogP contribution < -0.4 is 10.1 Å². The molecule has 2 rings (SSSR count). The Labute approximate surface area is 128 Å². The van der Waals surface area contributed by atoms with Gasteiger partial charge in [-0.05, 0) is 25.1 Å². The smallest absolute Gasteiger partial charge is 0.321 e. The standard InChI is InChI=1S/C14H15Cl2N3O/c1-2-5-17-7-10-8-18-14(19-9-10)20-11-3-4-12(15)13(16)6-11/h3-4,6,8-9,17H,2,5,7H2,1H3. The van der Waals surface area contributed by atoms with Gasteiger partial charge in [-0.2, -0.15) is 0 Å². The summed E-state index contributed by atoms with van der Waals surface area (Å²) in [5.41, 5.74) is 1.01. The Morgan fingerprint density at radius 2 is 1.90 bits per heavy atom. The average molecular weight is 312 g/mol. The van der Waals surface area contributed by atoms with Gasteiger partial charge < -0.3 is 10.1 Å². The molecule has 0 radical (unpaired) electrons. The number of nitrogens with zero attached hydrogens (tertiary/aromatic N) is 2. The summed E-state index contributed by atoms with van der Waals surface area (Å²) in [6.07, 6.45) is 4.57. The lowest BCUT2D eigenvalue weighted by molar-refractivity contribution is 0.440. The second kappa shape index (κ2) is 7.43. The van der Waals surface area contributed by atoms with E-state index >= 15 is 0 Å². The van der Waals surface area contributed by atoms with Crippen LogP contribution in [-0.4, -0.2) is 16.5 Å². The van der Waals surface area contributed by atoms with Crippen LogP contribution in [0.3, 0.4) is 0 Å². The fourth-order valence-electron chi connectivity index (χ4n) is 1.54. The van der Waals surface area contributed by atoms with E-state index in [4.69, 9.17) is 27.9 Å². The van der Waals surface area contributed by atoms with Crippen LogP contribution in [0.1, 0.15) is 18.9 Å². The molecule has 0 aliphatic carbocycles. The molecule has 0 fully saturated rings. The Hall–Kier alpha value is -1.36. The highest BCUT2D eigenvalue weighted by molar-refractivity contribution is 6.42. The topological polar surface area (TPSA) is 47.0 Å². The van der Waals surface area contributed by atoms with E-state index in [1.807, 2.05) is 0 Å². The molecule has 20 heavy (non-hydrogen) atoms. The second-order valence-electron chi connectivity index (χ2n) is 4.23. The zero-order valence-corrected chi connectivity index (χ0v) is 12.6. The first-order chi connectivity index (χ1) is 9.69. The fourth-order valence-corrected chi connectivity index (χ4v) is 1.83. The van der Waals surface area contributed by atoms with E-state index in [0.29, 0.717) is 15.8 Å². The number of hydrogen-bond donors (Lipinski definition) is 1. The van der Waals surface area contributed by atoms with Gasteiger partial charge in [0.25, 0.3) is 0 Å². The monoisotopic (exact) mass is 311 g/mol. The van der Waals surface area contributed by atoms with Crippen molar-refractivity contribution in [2.75, 3.05) is 6.54 Å². The number of nitrogens with one attached hydrogen (secondary N) is 1. The summed E-state index contributed by atoms with van der Waals surface area (Å²) < 4.78 is 5.51. The number of rotatable bonds is 6. The number of halogens is 2. The van der Waals surface area contributed by atoms with Gasteiger partial charge in [0.15, 0.2) is 0 Å². The molecule has 1 N–H and O–H groups in total. The van der Waals surface area contributed by atoms with Crippen molar-refractivity contribution in [3.63, 3.8) is 0 Å². The highest BCUT2D eigenvalue weighted by Gasteiger charge is 2.04. The highest BCUT2D eigenvalue weighted by Crippen LogP contribution is 2.28. The minimum Gasteiger partial charge on any atom is -0.424 e. The molecule has 0 amide bonds. The summed E-state index contributed by atoms with van der Waals surface area (Å²) in [4.78, 5) is 8.31. The summed E-state index contributed by atoms with van der Waals surface area (Å²) in [5, 5.41) is 4.20. The lowest BCUT2D eigenvalue weighted by Gasteiger charge is -2.06. The lowest BCUT2D eigenvalue weighted by atomic mass is 10.3. The maximum atomic E-state index is 5.92. The molecule has 0 bridgehead atoms. The summed E-state index contributed by atoms with van der Waals surface area (Å²) in [7, 11) is 0. The van der Waals surface area contributed by atoms with Crippen LogP contribution in [0.4, 0.5) is 0 Å². The Bertz CT molecular complexity index is 561. The van der Waals surface area contributed by atoms with Gasteiger partial charge in [0.1, 0.15) is 5.75 Å². The summed E-state index contributed by atoms with van der Waals surface area (Å²) in [5.74, 6) is 0.552. The fraction of sp³-hybridized carbons (Fsp3) is 0.286. The molecule has 0 saturated heterocycles. The Morgan fingerprint density at radius 1 is 1.15 bits per heavy atom. The van der Waals surface area contributed by atoms with E-state index in [2.05, 4.69) is 22.2 Å². The van der Waals surface area contributed by atoms with Crippen LogP contribution in [0.15, 0.2) is 30.6 Å². The summed E-state index contributed by atoms with van der Waals surface area (Å²) in [6.45, 7) is 3.85. The summed E-state index contributed by atoms with van der Waals surface area (Å²) >= 11 is 11.8. The van der Waals surface area contributed by atoms with Crippen LogP contribution in [0.5, 0.6) is 11.8 Å². The minimum absolute atomic E-state index is 0.280. The Balaban J connectivity index is 1.97. The molecular formula is C14H15Cl2N3O. The van der Waals surface area contributed by atoms with E-state index in [-0.39, 0.29) is 6.01 Å². The van der Waals surface area contributed by atoms with E-state index in [1.165, 1.54) is 0 Å². The van der Waals surface area contributed by atoms with Crippen molar-refractivity contribution in [2.45, 2.75) is 19.9 Å². The molecule has 106 valence electrons. The zero-order valence-electron chi connectivity index (χ0n) is 11.1. The molecule has 0 saturated carbocycles. The zero-order chi connectivity index (χ0) is 14.4. The Kier molecular flexibility index (Phi) is 5.59. The van der Waals surface area contributed by atoms with Crippen LogP contribution in [0.2, 0.25) is 10.0 Å². The van der Waals surface area contributed by atoms with Crippen molar-refractivity contribution in [3.8, 4) is 11.8 Å². The van der Waals surface area contributed by atoms with Gasteiger partial charge in [-0.3, -0.25) is 0 Å². The quantitative estimate of drug-likeness (QED) is 0.817. The van der Waals surface area contributed by atoms with Gasteiger partial charge in [-0.15, -0.1) is 0 Å². The van der Waals surface area contributed by atoms with E-state index in [9.17, 15) is 0 Å². The molecule has 0 spiro atoms. The lowest BCUT2D eigenvalue weighted by Crippen LogP contribution is -2.14. The van der Waals surface area contributed by atoms with Crippen molar-refractivity contribution >= 4 is 23.2 Å². The highest BCUT2D eigenvalue weighted by atomic mass is 35.5. The largest absolute Gasteiger partial charge is 0.424 e. The number of ether oxygens (including phenoxy) is 1. The molecule has 6 heteroatoms. The van der Waals surface area contributed by atoms with Crippen molar-refractivity contribution < 1.29 is 4.74 Å². The van der Waals surface area contributed by atoms with Crippen LogP contribution in [-0.2, 0) is 6.54 Å². The molecular weight excluding hydrogens is 297 g/mol. The van der Waals surface area contributed by atoms with Crippen LogP contribution >= 0.6 is 23.2 Å². The first kappa shape index (κ1) is 15.0. The SMILES string of the molecule is CCCNCc1cnc(Oc2ccc(Cl)c(Cl)c2)nc1. The Morgan fingerprint density at radius 3 is 2.55 bits per heavy atom. The number of benzene rings is 1. The molecule has 4 nitrogen and oxygen atoms in total. The van der Waals surface area contributed by atoms with Crippen molar-refractivity contribution in [1.82, 2.24) is 15.3 Å². The molecule has 0 aliphatic rings. The van der Waals surface area contributed by atoms with Crippen LogP contribution in [0.25, 0.3) is 0 Å². The molecule has 0 unspecified atom stereocenters. The van der Waals surface area contributed by atoms with Gasteiger partial charge >= 0.3 is 6.01 Å². The third-order valence-electron chi connectivity index (χ3n) is 2.54. The maximum Gasteiger partial charge on any atom is 0.321 e. The van der Waals surface area contributed by atoms with Crippen LogP contribution in [0, 0.1) is 0 Å². The van der Waals surface area contributed by atoms with E-state index < -0.39 is 0 Å². The van der Waals surface area contributed by atoms with Gasteiger partial charge in [-0.1, -0.05) is 30.1 Å². The van der Waals surface area contributed by atoms with Crippen molar-refractivity contribution in [2.24, 2.45) is 0 Å².